The van der Waals surface area contributed by atoms with Crippen LogP contribution in [0.1, 0.15) is 19.4 Å². The molecule has 2 N–H and O–H groups in total. The van der Waals surface area contributed by atoms with Gasteiger partial charge in [-0.1, -0.05) is 13.0 Å². The van der Waals surface area contributed by atoms with Crippen molar-refractivity contribution in [3.05, 3.63) is 33.9 Å². The van der Waals surface area contributed by atoms with E-state index in [9.17, 15) is 18.5 Å². The number of nitrogens with zero attached hydrogens (tertiary/aromatic N) is 1. The van der Waals surface area contributed by atoms with Crippen LogP contribution >= 0.6 is 0 Å². The zero-order chi connectivity index (χ0) is 15.3. The lowest BCUT2D eigenvalue weighted by Crippen LogP contribution is -2.38. The van der Waals surface area contributed by atoms with Gasteiger partial charge in [0.05, 0.1) is 9.82 Å². The molecular weight excluding hydrogens is 282 g/mol. The van der Waals surface area contributed by atoms with Crippen LogP contribution in [0.5, 0.6) is 0 Å². The molecule has 112 valence electrons. The van der Waals surface area contributed by atoms with Crippen molar-refractivity contribution in [1.29, 1.82) is 0 Å². The fourth-order valence-electron chi connectivity index (χ4n) is 1.69. The molecule has 0 aliphatic rings. The second-order valence-corrected chi connectivity index (χ2v) is 6.28. The minimum absolute atomic E-state index is 0.0183. The number of nitrogens with one attached hydrogen (secondary N) is 2. The molecular formula is C12H19N3O4S. The van der Waals surface area contributed by atoms with Crippen molar-refractivity contribution in [1.82, 2.24) is 10.0 Å². The lowest BCUT2D eigenvalue weighted by molar-refractivity contribution is -0.385. The van der Waals surface area contributed by atoms with E-state index < -0.39 is 14.9 Å². The molecule has 20 heavy (non-hydrogen) atoms. The van der Waals surface area contributed by atoms with E-state index in [0.717, 1.165) is 12.6 Å². The Bertz CT molecular complexity index is 586. The van der Waals surface area contributed by atoms with Gasteiger partial charge in [0.1, 0.15) is 0 Å². The number of hydrogen-bond acceptors (Lipinski definition) is 5. The average molecular weight is 301 g/mol. The van der Waals surface area contributed by atoms with Crippen molar-refractivity contribution in [2.75, 3.05) is 13.1 Å². The summed E-state index contributed by atoms with van der Waals surface area (Å²) in [5.74, 6) is 0. The summed E-state index contributed by atoms with van der Waals surface area (Å²) in [4.78, 5) is 10.1. The summed E-state index contributed by atoms with van der Waals surface area (Å²) in [5, 5.41) is 13.9. The summed E-state index contributed by atoms with van der Waals surface area (Å²) >= 11 is 0. The third kappa shape index (κ3) is 4.26. The van der Waals surface area contributed by atoms with E-state index in [4.69, 9.17) is 0 Å². The standard InChI is InChI=1S/C12H19N3O4S/c1-4-13-10(3)8-14-20(18,19)11-6-5-9(2)12(7-11)15(16)17/h5-7,10,13-14H,4,8H2,1-3H3/t10-/m1/s1. The Morgan fingerprint density at radius 2 is 2.05 bits per heavy atom. The van der Waals surface area contributed by atoms with Crippen LogP contribution in [0.4, 0.5) is 5.69 Å². The largest absolute Gasteiger partial charge is 0.313 e. The van der Waals surface area contributed by atoms with Gasteiger partial charge in [-0.05, 0) is 26.5 Å². The van der Waals surface area contributed by atoms with Crippen molar-refractivity contribution in [2.45, 2.75) is 31.7 Å². The fraction of sp³-hybridized carbons (Fsp3) is 0.500. The number of nitro benzene ring substituents is 1. The second kappa shape index (κ2) is 6.78. The van der Waals surface area contributed by atoms with Gasteiger partial charge in [-0.3, -0.25) is 10.1 Å². The molecule has 0 amide bonds. The van der Waals surface area contributed by atoms with Gasteiger partial charge in [-0.15, -0.1) is 0 Å². The van der Waals surface area contributed by atoms with E-state index in [1.165, 1.54) is 12.1 Å². The molecule has 0 spiro atoms. The molecule has 0 saturated carbocycles. The lowest BCUT2D eigenvalue weighted by atomic mass is 10.2. The molecule has 8 heteroatoms. The molecule has 1 aromatic carbocycles. The number of rotatable bonds is 7. The van der Waals surface area contributed by atoms with Gasteiger partial charge in [0.25, 0.3) is 5.69 Å². The number of likely N-dealkylation sites (N-methyl/N-ethyl adjacent to an activating group) is 1. The highest BCUT2D eigenvalue weighted by atomic mass is 32.2. The molecule has 0 unspecified atom stereocenters. The number of benzene rings is 1. The maximum absolute atomic E-state index is 12.1. The van der Waals surface area contributed by atoms with Crippen LogP contribution in [0.15, 0.2) is 23.1 Å². The predicted molar refractivity (Wildman–Crippen MR) is 76.2 cm³/mol. The summed E-state index contributed by atoms with van der Waals surface area (Å²) < 4.78 is 26.6. The molecule has 1 rings (SSSR count). The van der Waals surface area contributed by atoms with Gasteiger partial charge in [0, 0.05) is 24.2 Å². The van der Waals surface area contributed by atoms with Crippen molar-refractivity contribution >= 4 is 15.7 Å². The van der Waals surface area contributed by atoms with Crippen molar-refractivity contribution in [3.8, 4) is 0 Å². The number of hydrogen-bond donors (Lipinski definition) is 2. The molecule has 0 aliphatic carbocycles. The summed E-state index contributed by atoms with van der Waals surface area (Å²) in [5.41, 5.74) is 0.225. The second-order valence-electron chi connectivity index (χ2n) is 4.52. The Morgan fingerprint density at radius 3 is 2.60 bits per heavy atom. The molecule has 1 aromatic rings. The zero-order valence-electron chi connectivity index (χ0n) is 11.7. The molecule has 1 atom stereocenters. The van der Waals surface area contributed by atoms with Gasteiger partial charge in [0.2, 0.25) is 10.0 Å². The first-order chi connectivity index (χ1) is 9.27. The van der Waals surface area contributed by atoms with E-state index in [1.807, 2.05) is 13.8 Å². The summed E-state index contributed by atoms with van der Waals surface area (Å²) in [6.45, 7) is 6.30. The van der Waals surface area contributed by atoms with Gasteiger partial charge in [-0.2, -0.15) is 0 Å². The third-order valence-electron chi connectivity index (χ3n) is 2.82. The summed E-state index contributed by atoms with van der Waals surface area (Å²) in [7, 11) is -3.74. The fourth-order valence-corrected chi connectivity index (χ4v) is 2.84. The van der Waals surface area contributed by atoms with Crippen LogP contribution < -0.4 is 10.0 Å². The topological polar surface area (TPSA) is 101 Å². The first kappa shape index (κ1) is 16.5. The van der Waals surface area contributed by atoms with Crippen LogP contribution in [0.3, 0.4) is 0 Å². The Morgan fingerprint density at radius 1 is 1.40 bits per heavy atom. The van der Waals surface area contributed by atoms with E-state index in [-0.39, 0.29) is 23.2 Å². The van der Waals surface area contributed by atoms with Gasteiger partial charge in [0.15, 0.2) is 0 Å². The van der Waals surface area contributed by atoms with Crippen molar-refractivity contribution in [2.24, 2.45) is 0 Å². The molecule has 0 aromatic heterocycles. The van der Waals surface area contributed by atoms with E-state index in [0.29, 0.717) is 5.56 Å². The molecule has 0 aliphatic heterocycles. The highest BCUT2D eigenvalue weighted by Gasteiger charge is 2.20. The summed E-state index contributed by atoms with van der Waals surface area (Å²) in [6.07, 6.45) is 0. The van der Waals surface area contributed by atoms with Crippen LogP contribution in [0.25, 0.3) is 0 Å². The molecule has 0 bridgehead atoms. The Hall–Kier alpha value is -1.51. The quantitative estimate of drug-likeness (QED) is 0.581. The minimum atomic E-state index is -3.74. The zero-order valence-corrected chi connectivity index (χ0v) is 12.5. The molecule has 0 fully saturated rings. The lowest BCUT2D eigenvalue weighted by Gasteiger charge is -2.13. The van der Waals surface area contributed by atoms with E-state index in [1.54, 1.807) is 6.92 Å². The Kier molecular flexibility index (Phi) is 5.61. The number of sulfonamides is 1. The van der Waals surface area contributed by atoms with Gasteiger partial charge < -0.3 is 5.32 Å². The first-order valence-electron chi connectivity index (χ1n) is 6.26. The number of aryl methyl sites for hydroxylation is 1. The molecule has 0 saturated heterocycles. The van der Waals surface area contributed by atoms with E-state index in [2.05, 4.69) is 10.0 Å². The smallest absolute Gasteiger partial charge is 0.273 e. The van der Waals surface area contributed by atoms with Crippen LogP contribution in [0.2, 0.25) is 0 Å². The highest BCUT2D eigenvalue weighted by Crippen LogP contribution is 2.21. The molecule has 7 nitrogen and oxygen atoms in total. The first-order valence-corrected chi connectivity index (χ1v) is 7.74. The van der Waals surface area contributed by atoms with Crippen LogP contribution in [-0.2, 0) is 10.0 Å². The normalized spacial score (nSPS) is 13.2. The predicted octanol–water partition coefficient (Wildman–Crippen LogP) is 1.18. The van der Waals surface area contributed by atoms with Crippen LogP contribution in [-0.4, -0.2) is 32.5 Å². The Balaban J connectivity index is 2.93. The van der Waals surface area contributed by atoms with Gasteiger partial charge in [-0.25, -0.2) is 13.1 Å². The maximum atomic E-state index is 12.1. The highest BCUT2D eigenvalue weighted by molar-refractivity contribution is 7.89. The molecule has 0 heterocycles. The van der Waals surface area contributed by atoms with Gasteiger partial charge >= 0.3 is 0 Å². The molecule has 0 radical (unpaired) electrons. The van der Waals surface area contributed by atoms with Crippen molar-refractivity contribution < 1.29 is 13.3 Å². The SMILES string of the molecule is CCN[C@H](C)CNS(=O)(=O)c1ccc(C)c([N+](=O)[O-])c1. The minimum Gasteiger partial charge on any atom is -0.313 e. The van der Waals surface area contributed by atoms with Crippen molar-refractivity contribution in [3.63, 3.8) is 0 Å². The Labute approximate surface area is 118 Å². The third-order valence-corrected chi connectivity index (χ3v) is 4.24. The number of nitro groups is 1. The van der Waals surface area contributed by atoms with E-state index >= 15 is 0 Å². The monoisotopic (exact) mass is 301 g/mol. The maximum Gasteiger partial charge on any atom is 0.273 e. The van der Waals surface area contributed by atoms with Crippen LogP contribution in [0, 0.1) is 17.0 Å². The average Bonchev–Trinajstić information content (AvgIpc) is 2.37. The summed E-state index contributed by atoms with van der Waals surface area (Å²) in [6, 6.07) is 3.86.